The summed E-state index contributed by atoms with van der Waals surface area (Å²) in [5.41, 5.74) is 0. The first-order valence-electron chi connectivity index (χ1n) is 3.64. The number of allylic oxidation sites excluding steroid dienone is 1. The van der Waals surface area contributed by atoms with Gasteiger partial charge in [-0.25, -0.2) is 0 Å². The molecular weight excluding hydrogens is 188 g/mol. The molecule has 0 aromatic rings. The maximum atomic E-state index is 8.42. The fraction of sp³-hybridized carbons (Fsp3) is 0.500. The molecule has 0 heterocycles. The number of thiocyanates is 2. The number of hydrogen-bond acceptors (Lipinski definition) is 4. The molecule has 0 spiro atoms. The van der Waals surface area contributed by atoms with Crippen LogP contribution in [-0.4, -0.2) is 0 Å². The summed E-state index contributed by atoms with van der Waals surface area (Å²) in [5.74, 6) is 0. The van der Waals surface area contributed by atoms with Crippen LogP contribution in [0.3, 0.4) is 0 Å². The predicted molar refractivity (Wildman–Crippen MR) is 54.0 cm³/mol. The molecule has 0 aliphatic rings. The highest BCUT2D eigenvalue weighted by molar-refractivity contribution is 8.10. The van der Waals surface area contributed by atoms with Gasteiger partial charge in [-0.2, -0.15) is 10.5 Å². The van der Waals surface area contributed by atoms with Crippen molar-refractivity contribution < 1.29 is 0 Å². The molecule has 0 aliphatic carbocycles. The van der Waals surface area contributed by atoms with Crippen molar-refractivity contribution in [3.8, 4) is 10.8 Å². The molecule has 0 aromatic carbocycles. The molecule has 0 saturated heterocycles. The van der Waals surface area contributed by atoms with Crippen molar-refractivity contribution in [2.24, 2.45) is 0 Å². The molecule has 0 N–H and O–H groups in total. The Labute approximate surface area is 81.6 Å². The van der Waals surface area contributed by atoms with Crippen molar-refractivity contribution in [3.63, 3.8) is 0 Å². The first-order chi connectivity index (χ1) is 5.85. The Bertz CT molecular complexity index is 222. The predicted octanol–water partition coefficient (Wildman–Crippen LogP) is 3.45. The van der Waals surface area contributed by atoms with Gasteiger partial charge in [0, 0.05) is 4.91 Å². The molecule has 2 nitrogen and oxygen atoms in total. The molecule has 0 rings (SSSR count). The summed E-state index contributed by atoms with van der Waals surface area (Å²) in [7, 11) is 0. The first-order valence-corrected chi connectivity index (χ1v) is 5.34. The lowest BCUT2D eigenvalue weighted by atomic mass is 10.2. The van der Waals surface area contributed by atoms with E-state index in [0.717, 1.165) is 47.7 Å². The van der Waals surface area contributed by atoms with Crippen LogP contribution in [0.15, 0.2) is 10.3 Å². The third kappa shape index (κ3) is 6.15. The Morgan fingerprint density at radius 1 is 1.42 bits per heavy atom. The molecular formula is C8H10N2S2. The summed E-state index contributed by atoms with van der Waals surface area (Å²) >= 11 is 2.23. The average Bonchev–Trinajstić information content (AvgIpc) is 2.10. The number of hydrogen-bond donors (Lipinski definition) is 0. The lowest BCUT2D eigenvalue weighted by molar-refractivity contribution is 0.810. The molecule has 64 valence electrons. The van der Waals surface area contributed by atoms with Gasteiger partial charge in [0.25, 0.3) is 0 Å². The SMILES string of the molecule is CCCC/C(=C\SC#N)SC#N. The van der Waals surface area contributed by atoms with Crippen LogP contribution in [0, 0.1) is 21.3 Å². The summed E-state index contributed by atoms with van der Waals surface area (Å²) in [6.45, 7) is 2.10. The molecule has 0 aliphatic heterocycles. The van der Waals surface area contributed by atoms with Crippen molar-refractivity contribution in [1.82, 2.24) is 0 Å². The van der Waals surface area contributed by atoms with Crippen LogP contribution in [0.4, 0.5) is 0 Å². The van der Waals surface area contributed by atoms with Crippen LogP contribution in [0.5, 0.6) is 0 Å². The molecule has 0 fully saturated rings. The lowest BCUT2D eigenvalue weighted by Crippen LogP contribution is -1.75. The Balaban J connectivity index is 3.88. The van der Waals surface area contributed by atoms with E-state index in [1.54, 1.807) is 5.41 Å². The molecule has 0 saturated carbocycles. The molecule has 0 amide bonds. The van der Waals surface area contributed by atoms with Gasteiger partial charge < -0.3 is 0 Å². The van der Waals surface area contributed by atoms with Gasteiger partial charge in [-0.3, -0.25) is 0 Å². The molecule has 0 atom stereocenters. The summed E-state index contributed by atoms with van der Waals surface area (Å²) in [4.78, 5) is 0.992. The second-order valence-corrected chi connectivity index (χ2v) is 3.66. The maximum absolute atomic E-state index is 8.42. The van der Waals surface area contributed by atoms with Crippen molar-refractivity contribution in [2.45, 2.75) is 26.2 Å². The summed E-state index contributed by atoms with van der Waals surface area (Å²) in [6.07, 6.45) is 3.09. The Kier molecular flexibility index (Phi) is 8.10. The van der Waals surface area contributed by atoms with Gasteiger partial charge in [-0.05, 0) is 41.8 Å². The lowest BCUT2D eigenvalue weighted by Gasteiger charge is -1.97. The normalized spacial score (nSPS) is 10.4. The van der Waals surface area contributed by atoms with Crippen molar-refractivity contribution in [2.75, 3.05) is 0 Å². The van der Waals surface area contributed by atoms with Gasteiger partial charge in [-0.15, -0.1) is 0 Å². The zero-order valence-electron chi connectivity index (χ0n) is 6.91. The summed E-state index contributed by atoms with van der Waals surface area (Å²) < 4.78 is 0. The van der Waals surface area contributed by atoms with E-state index in [9.17, 15) is 0 Å². The molecule has 4 heteroatoms. The van der Waals surface area contributed by atoms with Crippen molar-refractivity contribution in [3.05, 3.63) is 10.3 Å². The average molecular weight is 198 g/mol. The van der Waals surface area contributed by atoms with Gasteiger partial charge in [-0.1, -0.05) is 13.3 Å². The second-order valence-electron chi connectivity index (χ2n) is 2.09. The molecule has 0 unspecified atom stereocenters. The van der Waals surface area contributed by atoms with Crippen LogP contribution in [-0.2, 0) is 0 Å². The van der Waals surface area contributed by atoms with Crippen LogP contribution in [0.1, 0.15) is 26.2 Å². The maximum Gasteiger partial charge on any atom is 0.138 e. The smallest absolute Gasteiger partial charge is 0.138 e. The summed E-state index contributed by atoms with van der Waals surface area (Å²) in [6, 6.07) is 0. The minimum Gasteiger partial charge on any atom is -0.185 e. The minimum absolute atomic E-state index is 0.906. The van der Waals surface area contributed by atoms with Crippen LogP contribution >= 0.6 is 23.5 Å². The largest absolute Gasteiger partial charge is 0.185 e. The highest BCUT2D eigenvalue weighted by atomic mass is 32.2. The fourth-order valence-electron chi connectivity index (χ4n) is 0.636. The van der Waals surface area contributed by atoms with Gasteiger partial charge in [0.2, 0.25) is 0 Å². The van der Waals surface area contributed by atoms with Gasteiger partial charge in [0.1, 0.15) is 10.8 Å². The monoisotopic (exact) mass is 198 g/mol. The van der Waals surface area contributed by atoms with Crippen molar-refractivity contribution >= 4 is 23.5 Å². The van der Waals surface area contributed by atoms with E-state index < -0.39 is 0 Å². The van der Waals surface area contributed by atoms with Crippen LogP contribution in [0.2, 0.25) is 0 Å². The number of nitrogens with zero attached hydrogens (tertiary/aromatic N) is 2. The van der Waals surface area contributed by atoms with E-state index in [2.05, 4.69) is 6.92 Å². The second kappa shape index (κ2) is 8.52. The van der Waals surface area contributed by atoms with Crippen LogP contribution in [0.25, 0.3) is 0 Å². The summed E-state index contributed by atoms with van der Waals surface area (Å²) in [5, 5.41) is 22.4. The number of nitriles is 2. The van der Waals surface area contributed by atoms with E-state index in [1.807, 2.05) is 10.8 Å². The van der Waals surface area contributed by atoms with E-state index >= 15 is 0 Å². The third-order valence-corrected chi connectivity index (χ3v) is 2.53. The Hall–Kier alpha value is -0.580. The molecule has 12 heavy (non-hydrogen) atoms. The number of unbranched alkanes of at least 4 members (excludes halogenated alkanes) is 1. The molecule has 0 bridgehead atoms. The standard InChI is InChI=1S/C8H10N2S2/c1-2-3-4-8(12-7-10)5-11-6-9/h5H,2-4H2,1H3/b8-5+. The molecule has 0 radical (unpaired) electrons. The highest BCUT2D eigenvalue weighted by Crippen LogP contribution is 2.23. The quantitative estimate of drug-likeness (QED) is 0.635. The van der Waals surface area contributed by atoms with Gasteiger partial charge >= 0.3 is 0 Å². The number of rotatable bonds is 5. The number of thioether (sulfide) groups is 2. The Morgan fingerprint density at radius 3 is 2.67 bits per heavy atom. The van der Waals surface area contributed by atoms with E-state index in [0.29, 0.717) is 0 Å². The van der Waals surface area contributed by atoms with Crippen molar-refractivity contribution in [1.29, 1.82) is 10.5 Å². The fourth-order valence-corrected chi connectivity index (χ4v) is 1.64. The van der Waals surface area contributed by atoms with Crippen LogP contribution < -0.4 is 0 Å². The van der Waals surface area contributed by atoms with Gasteiger partial charge in [0.15, 0.2) is 0 Å². The molecule has 0 aromatic heterocycles. The zero-order chi connectivity index (χ0) is 9.23. The van der Waals surface area contributed by atoms with E-state index in [4.69, 9.17) is 10.5 Å². The third-order valence-electron chi connectivity index (χ3n) is 1.20. The van der Waals surface area contributed by atoms with E-state index in [-0.39, 0.29) is 0 Å². The zero-order valence-corrected chi connectivity index (χ0v) is 8.54. The Morgan fingerprint density at radius 2 is 2.17 bits per heavy atom. The van der Waals surface area contributed by atoms with E-state index in [1.165, 1.54) is 0 Å². The topological polar surface area (TPSA) is 47.6 Å². The first kappa shape index (κ1) is 11.4. The highest BCUT2D eigenvalue weighted by Gasteiger charge is 1.96. The minimum atomic E-state index is 0.906. The van der Waals surface area contributed by atoms with Gasteiger partial charge in [0.05, 0.1) is 0 Å².